The summed E-state index contributed by atoms with van der Waals surface area (Å²) < 4.78 is 0. The summed E-state index contributed by atoms with van der Waals surface area (Å²) in [5.41, 5.74) is 2.89. The SMILES string of the molecule is CCCNC(=O)c1n[nH]c2c1C[C@@H](C)CC2. The van der Waals surface area contributed by atoms with Gasteiger partial charge in [0.2, 0.25) is 0 Å². The van der Waals surface area contributed by atoms with E-state index in [9.17, 15) is 4.79 Å². The molecule has 0 aromatic carbocycles. The van der Waals surface area contributed by atoms with E-state index < -0.39 is 0 Å². The first-order valence-electron chi connectivity index (χ1n) is 6.06. The second-order valence-electron chi connectivity index (χ2n) is 4.63. The highest BCUT2D eigenvalue weighted by molar-refractivity contribution is 5.94. The molecule has 0 aliphatic heterocycles. The van der Waals surface area contributed by atoms with Gasteiger partial charge in [0.15, 0.2) is 5.69 Å². The molecule has 0 saturated carbocycles. The number of rotatable bonds is 3. The van der Waals surface area contributed by atoms with Crippen molar-refractivity contribution in [2.45, 2.75) is 39.5 Å². The maximum absolute atomic E-state index is 11.8. The van der Waals surface area contributed by atoms with Gasteiger partial charge >= 0.3 is 0 Å². The van der Waals surface area contributed by atoms with E-state index in [2.05, 4.69) is 22.4 Å². The molecule has 1 atom stereocenters. The minimum absolute atomic E-state index is 0.0338. The number of carbonyl (C=O) groups excluding carboxylic acids is 1. The van der Waals surface area contributed by atoms with Gasteiger partial charge in [0.1, 0.15) is 0 Å². The summed E-state index contributed by atoms with van der Waals surface area (Å²) in [6.07, 6.45) is 4.13. The number of hydrogen-bond acceptors (Lipinski definition) is 2. The summed E-state index contributed by atoms with van der Waals surface area (Å²) in [5.74, 6) is 0.622. The van der Waals surface area contributed by atoms with Crippen molar-refractivity contribution < 1.29 is 4.79 Å². The Morgan fingerprint density at radius 1 is 1.62 bits per heavy atom. The molecule has 1 aliphatic carbocycles. The predicted molar refractivity (Wildman–Crippen MR) is 62.4 cm³/mol. The van der Waals surface area contributed by atoms with Gasteiger partial charge < -0.3 is 5.32 Å². The lowest BCUT2D eigenvalue weighted by molar-refractivity contribution is 0.0947. The zero-order chi connectivity index (χ0) is 11.5. The molecule has 4 nitrogen and oxygen atoms in total. The molecular formula is C12H19N3O. The van der Waals surface area contributed by atoms with Crippen molar-refractivity contribution in [3.63, 3.8) is 0 Å². The van der Waals surface area contributed by atoms with Gasteiger partial charge in [-0.15, -0.1) is 0 Å². The van der Waals surface area contributed by atoms with Crippen molar-refractivity contribution in [2.75, 3.05) is 6.54 Å². The van der Waals surface area contributed by atoms with E-state index in [4.69, 9.17) is 0 Å². The molecule has 1 aliphatic rings. The van der Waals surface area contributed by atoms with Gasteiger partial charge in [0, 0.05) is 17.8 Å². The summed E-state index contributed by atoms with van der Waals surface area (Å²) in [5, 5.41) is 10.0. The summed E-state index contributed by atoms with van der Waals surface area (Å²) >= 11 is 0. The first-order valence-corrected chi connectivity index (χ1v) is 6.06. The Morgan fingerprint density at radius 2 is 2.44 bits per heavy atom. The van der Waals surface area contributed by atoms with Crippen LogP contribution in [0.1, 0.15) is 48.4 Å². The number of aromatic nitrogens is 2. The van der Waals surface area contributed by atoms with Crippen LogP contribution in [0.2, 0.25) is 0 Å². The Kier molecular flexibility index (Phi) is 3.27. The quantitative estimate of drug-likeness (QED) is 0.815. The fourth-order valence-corrected chi connectivity index (χ4v) is 2.18. The molecule has 0 saturated heterocycles. The Balaban J connectivity index is 2.16. The fourth-order valence-electron chi connectivity index (χ4n) is 2.18. The highest BCUT2D eigenvalue weighted by atomic mass is 16.1. The Hall–Kier alpha value is -1.32. The largest absolute Gasteiger partial charge is 0.351 e. The first kappa shape index (κ1) is 11.2. The van der Waals surface area contributed by atoms with Crippen molar-refractivity contribution in [1.29, 1.82) is 0 Å². The smallest absolute Gasteiger partial charge is 0.272 e. The standard InChI is InChI=1S/C12H19N3O/c1-3-6-13-12(16)11-9-7-8(2)4-5-10(9)14-15-11/h8H,3-7H2,1-2H3,(H,13,16)(H,14,15)/t8-/m0/s1. The van der Waals surface area contributed by atoms with Gasteiger partial charge in [-0.05, 0) is 31.6 Å². The van der Waals surface area contributed by atoms with E-state index in [-0.39, 0.29) is 5.91 Å². The van der Waals surface area contributed by atoms with Crippen LogP contribution in [-0.4, -0.2) is 22.6 Å². The first-order chi connectivity index (χ1) is 7.72. The molecule has 1 aromatic rings. The summed E-state index contributed by atoms with van der Waals surface area (Å²) in [7, 11) is 0. The van der Waals surface area contributed by atoms with Crippen LogP contribution >= 0.6 is 0 Å². The zero-order valence-corrected chi connectivity index (χ0v) is 9.97. The number of H-pyrrole nitrogens is 1. The molecule has 1 amide bonds. The van der Waals surface area contributed by atoms with Crippen LogP contribution in [0.4, 0.5) is 0 Å². The van der Waals surface area contributed by atoms with Gasteiger partial charge in [-0.2, -0.15) is 5.10 Å². The lowest BCUT2D eigenvalue weighted by atomic mass is 9.88. The summed E-state index contributed by atoms with van der Waals surface area (Å²) in [6, 6.07) is 0. The van der Waals surface area contributed by atoms with Crippen molar-refractivity contribution in [2.24, 2.45) is 5.92 Å². The molecule has 0 radical (unpaired) electrons. The summed E-state index contributed by atoms with van der Waals surface area (Å²) in [4.78, 5) is 11.8. The number of fused-ring (bicyclic) bond motifs is 1. The average Bonchev–Trinajstić information content (AvgIpc) is 2.68. The maximum atomic E-state index is 11.8. The highest BCUT2D eigenvalue weighted by Crippen LogP contribution is 2.25. The van der Waals surface area contributed by atoms with Crippen molar-refractivity contribution in [3.05, 3.63) is 17.0 Å². The normalized spacial score (nSPS) is 19.2. The molecule has 0 spiro atoms. The molecule has 2 rings (SSSR count). The number of hydrogen-bond donors (Lipinski definition) is 2. The molecule has 2 N–H and O–H groups in total. The van der Waals surface area contributed by atoms with Crippen LogP contribution in [0, 0.1) is 5.92 Å². The van der Waals surface area contributed by atoms with Crippen molar-refractivity contribution in [3.8, 4) is 0 Å². The van der Waals surface area contributed by atoms with Crippen LogP contribution in [0.15, 0.2) is 0 Å². The van der Waals surface area contributed by atoms with E-state index in [1.54, 1.807) is 0 Å². The lowest BCUT2D eigenvalue weighted by Gasteiger charge is -2.17. The van der Waals surface area contributed by atoms with Crippen LogP contribution in [0.25, 0.3) is 0 Å². The fraction of sp³-hybridized carbons (Fsp3) is 0.667. The van der Waals surface area contributed by atoms with Crippen LogP contribution in [0.5, 0.6) is 0 Å². The molecule has 88 valence electrons. The molecule has 4 heteroatoms. The summed E-state index contributed by atoms with van der Waals surface area (Å²) in [6.45, 7) is 4.99. The van der Waals surface area contributed by atoms with Crippen LogP contribution < -0.4 is 5.32 Å². The number of aryl methyl sites for hydroxylation is 1. The van der Waals surface area contributed by atoms with E-state index in [0.29, 0.717) is 11.6 Å². The molecule has 16 heavy (non-hydrogen) atoms. The number of amides is 1. The van der Waals surface area contributed by atoms with Crippen molar-refractivity contribution >= 4 is 5.91 Å². The molecule has 1 heterocycles. The highest BCUT2D eigenvalue weighted by Gasteiger charge is 2.24. The van der Waals surface area contributed by atoms with Gasteiger partial charge in [0.05, 0.1) is 0 Å². The van der Waals surface area contributed by atoms with E-state index in [0.717, 1.165) is 37.1 Å². The molecule has 1 aromatic heterocycles. The van der Waals surface area contributed by atoms with E-state index in [1.807, 2.05) is 6.92 Å². The Bertz CT molecular complexity index is 384. The Labute approximate surface area is 95.8 Å². The topological polar surface area (TPSA) is 57.8 Å². The average molecular weight is 221 g/mol. The van der Waals surface area contributed by atoms with Crippen LogP contribution in [-0.2, 0) is 12.8 Å². The molecule has 0 unspecified atom stereocenters. The molecular weight excluding hydrogens is 202 g/mol. The minimum atomic E-state index is -0.0338. The van der Waals surface area contributed by atoms with Crippen LogP contribution in [0.3, 0.4) is 0 Å². The minimum Gasteiger partial charge on any atom is -0.351 e. The zero-order valence-electron chi connectivity index (χ0n) is 9.97. The second-order valence-corrected chi connectivity index (χ2v) is 4.63. The number of nitrogens with zero attached hydrogens (tertiary/aromatic N) is 1. The van der Waals surface area contributed by atoms with Gasteiger partial charge in [-0.25, -0.2) is 0 Å². The Morgan fingerprint density at radius 3 is 3.19 bits per heavy atom. The van der Waals surface area contributed by atoms with E-state index in [1.165, 1.54) is 6.42 Å². The number of carbonyl (C=O) groups is 1. The number of nitrogens with one attached hydrogen (secondary N) is 2. The van der Waals surface area contributed by atoms with E-state index >= 15 is 0 Å². The maximum Gasteiger partial charge on any atom is 0.272 e. The third-order valence-corrected chi connectivity index (χ3v) is 3.14. The van der Waals surface area contributed by atoms with Gasteiger partial charge in [-0.1, -0.05) is 13.8 Å². The van der Waals surface area contributed by atoms with Gasteiger partial charge in [-0.3, -0.25) is 9.89 Å². The monoisotopic (exact) mass is 221 g/mol. The second kappa shape index (κ2) is 4.68. The third kappa shape index (κ3) is 2.10. The van der Waals surface area contributed by atoms with Gasteiger partial charge in [0.25, 0.3) is 5.91 Å². The molecule has 0 bridgehead atoms. The number of aromatic amines is 1. The predicted octanol–water partition coefficient (Wildman–Crippen LogP) is 1.67. The third-order valence-electron chi connectivity index (χ3n) is 3.14. The van der Waals surface area contributed by atoms with Crippen molar-refractivity contribution in [1.82, 2.24) is 15.5 Å². The molecule has 0 fully saturated rings. The lowest BCUT2D eigenvalue weighted by Crippen LogP contribution is -2.26.